The van der Waals surface area contributed by atoms with Crippen LogP contribution in [0.15, 0.2) is 49.3 Å². The summed E-state index contributed by atoms with van der Waals surface area (Å²) < 4.78 is 10.9. The zero-order chi connectivity index (χ0) is 10.7. The maximum Gasteiger partial charge on any atom is 0.138 e. The van der Waals surface area contributed by atoms with Crippen molar-refractivity contribution in [2.75, 3.05) is 6.61 Å². The highest BCUT2D eigenvalue weighted by Crippen LogP contribution is 2.30. The van der Waals surface area contributed by atoms with E-state index < -0.39 is 0 Å². The van der Waals surface area contributed by atoms with E-state index in [9.17, 15) is 0 Å². The average Bonchev–Trinajstić information content (AvgIpc) is 2.25. The van der Waals surface area contributed by atoms with Gasteiger partial charge >= 0.3 is 0 Å². The molecule has 2 heteroatoms. The number of fused-ring (bicyclic) bond motifs is 1. The highest BCUT2D eigenvalue weighted by Gasteiger charge is 2.08. The van der Waals surface area contributed by atoms with Crippen LogP contribution in [0.1, 0.15) is 5.56 Å². The smallest absolute Gasteiger partial charge is 0.138 e. The van der Waals surface area contributed by atoms with E-state index >= 15 is 0 Å². The zero-order valence-corrected chi connectivity index (χ0v) is 8.40. The first-order valence-electron chi connectivity index (χ1n) is 4.72. The molecule has 0 atom stereocenters. The lowest BCUT2D eigenvalue weighted by Crippen LogP contribution is -1.99. The van der Waals surface area contributed by atoms with Crippen molar-refractivity contribution in [2.45, 2.75) is 0 Å². The zero-order valence-electron chi connectivity index (χ0n) is 8.40. The highest BCUT2D eigenvalue weighted by atomic mass is 16.5. The van der Waals surface area contributed by atoms with Crippen LogP contribution in [0.3, 0.4) is 0 Å². The summed E-state index contributed by atoms with van der Waals surface area (Å²) in [5.41, 5.74) is 1.04. The van der Waals surface area contributed by atoms with Gasteiger partial charge < -0.3 is 9.47 Å². The van der Waals surface area contributed by atoms with Gasteiger partial charge in [-0.15, -0.1) is 0 Å². The lowest BCUT2D eigenvalue weighted by molar-refractivity contribution is 0.359. The molecular formula is C13H12O2. The third kappa shape index (κ3) is 2.10. The molecule has 0 saturated carbocycles. The van der Waals surface area contributed by atoms with Crippen molar-refractivity contribution in [1.82, 2.24) is 0 Å². The standard InChI is InChI=1S/C13H12O2/c1-3-8-14-12-7-6-11-5-4-10(2)15-13(11)9-12/h3-7,9H,1-2,8H2. The van der Waals surface area contributed by atoms with E-state index in [1.165, 1.54) is 0 Å². The molecule has 1 aromatic carbocycles. The van der Waals surface area contributed by atoms with E-state index in [1.807, 2.05) is 30.4 Å². The lowest BCUT2D eigenvalue weighted by Gasteiger charge is -2.14. The van der Waals surface area contributed by atoms with Gasteiger partial charge in [-0.25, -0.2) is 0 Å². The Balaban J connectivity index is 2.25. The van der Waals surface area contributed by atoms with Crippen LogP contribution < -0.4 is 9.47 Å². The SMILES string of the molecule is C=CCOc1ccc2c(c1)OC(=C)C=C2. The van der Waals surface area contributed by atoms with Gasteiger partial charge in [0.25, 0.3) is 0 Å². The van der Waals surface area contributed by atoms with Crippen molar-refractivity contribution >= 4 is 6.08 Å². The van der Waals surface area contributed by atoms with E-state index in [4.69, 9.17) is 9.47 Å². The van der Waals surface area contributed by atoms with Gasteiger partial charge in [0.05, 0.1) is 0 Å². The third-order valence-corrected chi connectivity index (χ3v) is 2.04. The largest absolute Gasteiger partial charge is 0.489 e. The van der Waals surface area contributed by atoms with Gasteiger partial charge in [0, 0.05) is 11.6 Å². The molecule has 2 nitrogen and oxygen atoms in total. The van der Waals surface area contributed by atoms with Crippen LogP contribution in [-0.4, -0.2) is 6.61 Å². The quantitative estimate of drug-likeness (QED) is 0.698. The molecule has 0 aromatic heterocycles. The number of hydrogen-bond acceptors (Lipinski definition) is 2. The second-order valence-corrected chi connectivity index (χ2v) is 3.20. The topological polar surface area (TPSA) is 18.5 Å². The number of rotatable bonds is 3. The van der Waals surface area contributed by atoms with Gasteiger partial charge in [0.1, 0.15) is 23.9 Å². The van der Waals surface area contributed by atoms with E-state index in [2.05, 4.69) is 13.2 Å². The molecule has 0 N–H and O–H groups in total. The van der Waals surface area contributed by atoms with Crippen molar-refractivity contribution in [3.63, 3.8) is 0 Å². The predicted molar refractivity (Wildman–Crippen MR) is 60.9 cm³/mol. The predicted octanol–water partition coefficient (Wildman–Crippen LogP) is 3.17. The molecule has 0 radical (unpaired) electrons. The molecule has 0 amide bonds. The summed E-state index contributed by atoms with van der Waals surface area (Å²) in [5.74, 6) is 2.20. The molecule has 1 aromatic rings. The maximum atomic E-state index is 5.47. The van der Waals surface area contributed by atoms with Crippen LogP contribution in [0.4, 0.5) is 0 Å². The first-order valence-corrected chi connectivity index (χ1v) is 4.72. The van der Waals surface area contributed by atoms with Crippen molar-refractivity contribution in [2.24, 2.45) is 0 Å². The monoisotopic (exact) mass is 200 g/mol. The number of hydrogen-bond donors (Lipinski definition) is 0. The second-order valence-electron chi connectivity index (χ2n) is 3.20. The molecule has 0 spiro atoms. The number of benzene rings is 1. The first-order chi connectivity index (χ1) is 7.29. The van der Waals surface area contributed by atoms with Gasteiger partial charge in [-0.1, -0.05) is 19.2 Å². The molecule has 0 bridgehead atoms. The van der Waals surface area contributed by atoms with E-state index in [0.717, 1.165) is 17.1 Å². The second kappa shape index (κ2) is 4.05. The summed E-state index contributed by atoms with van der Waals surface area (Å²) in [5, 5.41) is 0. The molecule has 1 aliphatic heterocycles. The highest BCUT2D eigenvalue weighted by molar-refractivity contribution is 5.63. The van der Waals surface area contributed by atoms with Gasteiger partial charge in [0.2, 0.25) is 0 Å². The van der Waals surface area contributed by atoms with Crippen LogP contribution in [0.5, 0.6) is 11.5 Å². The molecule has 15 heavy (non-hydrogen) atoms. The Hall–Kier alpha value is -1.96. The molecule has 2 rings (SSSR count). The molecule has 0 unspecified atom stereocenters. The van der Waals surface area contributed by atoms with Gasteiger partial charge in [-0.05, 0) is 24.3 Å². The Bertz CT molecular complexity index is 430. The minimum Gasteiger partial charge on any atom is -0.489 e. The first kappa shape index (κ1) is 9.59. The molecule has 0 fully saturated rings. The minimum absolute atomic E-state index is 0.496. The Morgan fingerprint density at radius 2 is 2.20 bits per heavy atom. The average molecular weight is 200 g/mol. The minimum atomic E-state index is 0.496. The summed E-state index contributed by atoms with van der Waals surface area (Å²) >= 11 is 0. The summed E-state index contributed by atoms with van der Waals surface area (Å²) in [7, 11) is 0. The van der Waals surface area contributed by atoms with Crippen molar-refractivity contribution in [1.29, 1.82) is 0 Å². The molecule has 1 aliphatic rings. The Labute approximate surface area is 89.1 Å². The molecule has 0 aliphatic carbocycles. The summed E-state index contributed by atoms with van der Waals surface area (Å²) in [6.45, 7) is 7.83. The summed E-state index contributed by atoms with van der Waals surface area (Å²) in [4.78, 5) is 0. The van der Waals surface area contributed by atoms with Crippen molar-refractivity contribution < 1.29 is 9.47 Å². The van der Waals surface area contributed by atoms with Crippen molar-refractivity contribution in [3.8, 4) is 11.5 Å². The number of ether oxygens (including phenoxy) is 2. The fourth-order valence-electron chi connectivity index (χ4n) is 1.34. The summed E-state index contributed by atoms with van der Waals surface area (Å²) in [6.07, 6.45) is 5.52. The third-order valence-electron chi connectivity index (χ3n) is 2.04. The van der Waals surface area contributed by atoms with Crippen molar-refractivity contribution in [3.05, 3.63) is 54.8 Å². The number of allylic oxidation sites excluding steroid dienone is 1. The molecular weight excluding hydrogens is 188 g/mol. The van der Waals surface area contributed by atoms with Crippen LogP contribution in [-0.2, 0) is 0 Å². The fourth-order valence-corrected chi connectivity index (χ4v) is 1.34. The normalized spacial score (nSPS) is 12.9. The van der Waals surface area contributed by atoms with Gasteiger partial charge in [-0.3, -0.25) is 0 Å². The van der Waals surface area contributed by atoms with Gasteiger partial charge in [0.15, 0.2) is 0 Å². The van der Waals surface area contributed by atoms with Crippen LogP contribution in [0, 0.1) is 0 Å². The fraction of sp³-hybridized carbons (Fsp3) is 0.0769. The van der Waals surface area contributed by atoms with E-state index in [1.54, 1.807) is 6.08 Å². The van der Waals surface area contributed by atoms with E-state index in [0.29, 0.717) is 12.4 Å². The molecule has 76 valence electrons. The molecule has 1 heterocycles. The Morgan fingerprint density at radius 1 is 1.33 bits per heavy atom. The van der Waals surface area contributed by atoms with Crippen LogP contribution in [0.25, 0.3) is 6.08 Å². The summed E-state index contributed by atoms with van der Waals surface area (Å²) in [6, 6.07) is 5.72. The Kier molecular flexibility index (Phi) is 2.59. The van der Waals surface area contributed by atoms with Crippen LogP contribution in [0.2, 0.25) is 0 Å². The van der Waals surface area contributed by atoms with E-state index in [-0.39, 0.29) is 0 Å². The van der Waals surface area contributed by atoms with Crippen LogP contribution >= 0.6 is 0 Å². The lowest BCUT2D eigenvalue weighted by atomic mass is 10.1. The Morgan fingerprint density at radius 3 is 3.00 bits per heavy atom. The maximum absolute atomic E-state index is 5.47. The van der Waals surface area contributed by atoms with Gasteiger partial charge in [-0.2, -0.15) is 0 Å². The molecule has 0 saturated heterocycles.